The summed E-state index contributed by atoms with van der Waals surface area (Å²) >= 11 is 1.70. The van der Waals surface area contributed by atoms with Gasteiger partial charge in [0.2, 0.25) is 0 Å². The van der Waals surface area contributed by atoms with Crippen LogP contribution in [-0.2, 0) is 6.42 Å². The lowest BCUT2D eigenvalue weighted by atomic mass is 10.2. The molecule has 1 N–H and O–H groups in total. The molecule has 1 unspecified atom stereocenters. The number of hydrogen-bond acceptors (Lipinski definition) is 5. The Kier molecular flexibility index (Phi) is 4.34. The minimum atomic E-state index is -0.515. The largest absolute Gasteiger partial charge is 0.433 e. The van der Waals surface area contributed by atoms with E-state index in [9.17, 15) is 10.1 Å². The van der Waals surface area contributed by atoms with Gasteiger partial charge in [-0.1, -0.05) is 13.8 Å². The normalized spacial score (nSPS) is 12.5. The van der Waals surface area contributed by atoms with E-state index >= 15 is 0 Å². The first-order valence-corrected chi connectivity index (χ1v) is 7.03. The first kappa shape index (κ1) is 13.8. The number of hydrogen-bond donors (Lipinski definition) is 1. The van der Waals surface area contributed by atoms with Gasteiger partial charge in [0.05, 0.1) is 6.07 Å². The van der Waals surface area contributed by atoms with E-state index in [0.717, 1.165) is 17.8 Å². The summed E-state index contributed by atoms with van der Waals surface area (Å²) in [4.78, 5) is 12.6. The van der Waals surface area contributed by atoms with Gasteiger partial charge in [0.1, 0.15) is 16.7 Å². The molecule has 0 fully saturated rings. The molecule has 5 nitrogen and oxygen atoms in total. The van der Waals surface area contributed by atoms with Crippen LogP contribution in [0.4, 0.5) is 5.88 Å². The van der Waals surface area contributed by atoms with E-state index in [2.05, 4.69) is 18.3 Å². The summed E-state index contributed by atoms with van der Waals surface area (Å²) in [5, 5.41) is 14.0. The highest BCUT2D eigenvalue weighted by atomic mass is 32.1. The van der Waals surface area contributed by atoms with Gasteiger partial charge < -0.3 is 9.73 Å². The van der Waals surface area contributed by atoms with E-state index in [0.29, 0.717) is 5.76 Å². The van der Waals surface area contributed by atoms with E-state index in [1.807, 2.05) is 13.0 Å². The van der Waals surface area contributed by atoms with E-state index in [1.165, 1.54) is 10.9 Å². The Bertz CT molecular complexity index is 562. The van der Waals surface area contributed by atoms with Crippen molar-refractivity contribution in [3.63, 3.8) is 0 Å². The Hall–Kier alpha value is -1.66. The van der Waals surface area contributed by atoms with Gasteiger partial charge in [0, 0.05) is 9.75 Å². The number of thiophene rings is 1. The van der Waals surface area contributed by atoms with Crippen LogP contribution in [0.3, 0.4) is 0 Å². The van der Waals surface area contributed by atoms with Gasteiger partial charge >= 0.3 is 5.88 Å². The van der Waals surface area contributed by atoms with Crippen molar-refractivity contribution < 1.29 is 9.34 Å². The molecule has 102 valence electrons. The molecule has 1 atom stereocenters. The fraction of sp³-hybridized carbons (Fsp3) is 0.385. The standard InChI is InChI=1S/C13H16N2O3S/c1-3-9-5-7-11(19-9)13(14-4-2)10-6-8-12(18-10)15(16)17/h5-8,13-14H,3-4H2,1-2H3. The molecule has 0 amide bonds. The molecule has 0 saturated heterocycles. The summed E-state index contributed by atoms with van der Waals surface area (Å²) in [7, 11) is 0. The molecule has 0 aromatic carbocycles. The molecule has 0 spiro atoms. The van der Waals surface area contributed by atoms with Gasteiger partial charge in [-0.2, -0.15) is 0 Å². The first-order valence-electron chi connectivity index (χ1n) is 6.21. The molecule has 6 heteroatoms. The highest BCUT2D eigenvalue weighted by molar-refractivity contribution is 7.12. The van der Waals surface area contributed by atoms with Gasteiger partial charge in [-0.25, -0.2) is 0 Å². The highest BCUT2D eigenvalue weighted by Crippen LogP contribution is 2.31. The Morgan fingerprint density at radius 2 is 2.16 bits per heavy atom. The zero-order valence-corrected chi connectivity index (χ0v) is 11.7. The van der Waals surface area contributed by atoms with Crippen LogP contribution in [0.2, 0.25) is 0 Å². The fourth-order valence-corrected chi connectivity index (χ4v) is 2.92. The lowest BCUT2D eigenvalue weighted by Gasteiger charge is -2.13. The smallest absolute Gasteiger partial charge is 0.404 e. The molecule has 0 aliphatic heterocycles. The van der Waals surface area contributed by atoms with Crippen molar-refractivity contribution in [3.05, 3.63) is 49.9 Å². The predicted octanol–water partition coefficient (Wildman–Crippen LogP) is 3.51. The highest BCUT2D eigenvalue weighted by Gasteiger charge is 2.22. The van der Waals surface area contributed by atoms with Crippen molar-refractivity contribution >= 4 is 17.2 Å². The lowest BCUT2D eigenvalue weighted by molar-refractivity contribution is -0.402. The van der Waals surface area contributed by atoms with Gasteiger partial charge in [0.25, 0.3) is 0 Å². The van der Waals surface area contributed by atoms with Gasteiger partial charge in [-0.15, -0.1) is 11.3 Å². The molecule has 0 aliphatic carbocycles. The molecule has 0 bridgehead atoms. The number of rotatable bonds is 6. The van der Waals surface area contributed by atoms with Crippen molar-refractivity contribution in [2.75, 3.05) is 6.54 Å². The van der Waals surface area contributed by atoms with Crippen LogP contribution < -0.4 is 5.32 Å². The van der Waals surface area contributed by atoms with Crippen molar-refractivity contribution in [2.24, 2.45) is 0 Å². The second-order valence-electron chi connectivity index (χ2n) is 4.08. The third kappa shape index (κ3) is 3.02. The number of aryl methyl sites for hydroxylation is 1. The average Bonchev–Trinajstić information content (AvgIpc) is 3.05. The van der Waals surface area contributed by atoms with E-state index in [-0.39, 0.29) is 11.9 Å². The SMILES string of the molecule is CCNC(c1ccc([N+](=O)[O-])o1)c1ccc(CC)s1. The Balaban J connectivity index is 2.30. The third-order valence-corrected chi connectivity index (χ3v) is 4.10. The maximum absolute atomic E-state index is 10.7. The third-order valence-electron chi connectivity index (χ3n) is 2.80. The van der Waals surface area contributed by atoms with Crippen LogP contribution in [0.1, 0.15) is 35.4 Å². The number of furan rings is 1. The van der Waals surface area contributed by atoms with Crippen molar-refractivity contribution in [1.82, 2.24) is 5.32 Å². The summed E-state index contributed by atoms with van der Waals surface area (Å²) in [6.07, 6.45) is 0.988. The second kappa shape index (κ2) is 5.99. The monoisotopic (exact) mass is 280 g/mol. The van der Waals surface area contributed by atoms with E-state index < -0.39 is 4.92 Å². The van der Waals surface area contributed by atoms with Crippen molar-refractivity contribution in [1.29, 1.82) is 0 Å². The molecular weight excluding hydrogens is 264 g/mol. The zero-order chi connectivity index (χ0) is 13.8. The zero-order valence-electron chi connectivity index (χ0n) is 10.9. The van der Waals surface area contributed by atoms with Crippen LogP contribution in [0, 0.1) is 10.1 Å². The topological polar surface area (TPSA) is 68.3 Å². The molecule has 0 saturated carbocycles. The molecule has 2 aromatic heterocycles. The van der Waals surface area contributed by atoms with Gasteiger partial charge in [-0.3, -0.25) is 10.1 Å². The Labute approximate surface area is 115 Å². The number of nitrogens with zero attached hydrogens (tertiary/aromatic N) is 1. The van der Waals surface area contributed by atoms with E-state index in [1.54, 1.807) is 17.4 Å². The van der Waals surface area contributed by atoms with Crippen LogP contribution in [-0.4, -0.2) is 11.5 Å². The van der Waals surface area contributed by atoms with Crippen LogP contribution in [0.15, 0.2) is 28.7 Å². The molecular formula is C13H16N2O3S. The number of nitro groups is 1. The number of nitrogens with one attached hydrogen (secondary N) is 1. The quantitative estimate of drug-likeness (QED) is 0.649. The molecule has 0 radical (unpaired) electrons. The Morgan fingerprint density at radius 1 is 1.37 bits per heavy atom. The molecule has 2 heterocycles. The van der Waals surface area contributed by atoms with Crippen LogP contribution in [0.25, 0.3) is 0 Å². The maximum Gasteiger partial charge on any atom is 0.433 e. The summed E-state index contributed by atoms with van der Waals surface area (Å²) in [5.41, 5.74) is 0. The summed E-state index contributed by atoms with van der Waals surface area (Å²) in [5.74, 6) is 0.364. The van der Waals surface area contributed by atoms with Crippen molar-refractivity contribution in [2.45, 2.75) is 26.3 Å². The molecule has 2 aromatic rings. The minimum Gasteiger partial charge on any atom is -0.404 e. The molecule has 0 aliphatic rings. The maximum atomic E-state index is 10.7. The minimum absolute atomic E-state index is 0.121. The summed E-state index contributed by atoms with van der Waals surface area (Å²) in [6, 6.07) is 7.07. The van der Waals surface area contributed by atoms with Crippen LogP contribution in [0.5, 0.6) is 0 Å². The van der Waals surface area contributed by atoms with E-state index in [4.69, 9.17) is 4.42 Å². The Morgan fingerprint density at radius 3 is 2.68 bits per heavy atom. The first-order chi connectivity index (χ1) is 9.15. The molecule has 2 rings (SSSR count). The molecule has 19 heavy (non-hydrogen) atoms. The lowest BCUT2D eigenvalue weighted by Crippen LogP contribution is -2.20. The van der Waals surface area contributed by atoms with Gasteiger partial charge in [0.15, 0.2) is 0 Å². The van der Waals surface area contributed by atoms with Gasteiger partial charge in [-0.05, 0) is 31.2 Å². The summed E-state index contributed by atoms with van der Waals surface area (Å²) < 4.78 is 5.30. The van der Waals surface area contributed by atoms with Crippen molar-refractivity contribution in [3.8, 4) is 0 Å². The fourth-order valence-electron chi connectivity index (χ4n) is 1.88. The summed E-state index contributed by atoms with van der Waals surface area (Å²) in [6.45, 7) is 4.87. The van der Waals surface area contributed by atoms with Crippen LogP contribution >= 0.6 is 11.3 Å². The second-order valence-corrected chi connectivity index (χ2v) is 5.28. The predicted molar refractivity (Wildman–Crippen MR) is 74.6 cm³/mol. The average molecular weight is 280 g/mol.